The van der Waals surface area contributed by atoms with Crippen LogP contribution in [0.4, 0.5) is 0 Å². The zero-order valence-corrected chi connectivity index (χ0v) is 13.3. The fourth-order valence-electron chi connectivity index (χ4n) is 2.09. The van der Waals surface area contributed by atoms with Gasteiger partial charge in [0, 0.05) is 6.54 Å². The average Bonchev–Trinajstić information content (AvgIpc) is 2.28. The van der Waals surface area contributed by atoms with E-state index in [-0.39, 0.29) is 11.8 Å². The lowest BCUT2D eigenvalue weighted by Crippen LogP contribution is -2.59. The van der Waals surface area contributed by atoms with Gasteiger partial charge in [-0.25, -0.2) is 0 Å². The molecule has 1 amide bonds. The van der Waals surface area contributed by atoms with Crippen LogP contribution in [0.2, 0.25) is 0 Å². The summed E-state index contributed by atoms with van der Waals surface area (Å²) in [5, 5.41) is 6.44. The number of hydrogen-bond donors (Lipinski definition) is 2. The molecule has 2 N–H and O–H groups in total. The third-order valence-corrected chi connectivity index (χ3v) is 4.16. The van der Waals surface area contributed by atoms with Crippen LogP contribution in [0.5, 0.6) is 0 Å². The zero-order valence-electron chi connectivity index (χ0n) is 13.3. The summed E-state index contributed by atoms with van der Waals surface area (Å²) in [7, 11) is 0. The Hall–Kier alpha value is -0.570. The van der Waals surface area contributed by atoms with Crippen LogP contribution in [0.25, 0.3) is 0 Å². The van der Waals surface area contributed by atoms with Gasteiger partial charge < -0.3 is 10.6 Å². The van der Waals surface area contributed by atoms with E-state index in [0.29, 0.717) is 18.4 Å². The number of amides is 1. The van der Waals surface area contributed by atoms with Gasteiger partial charge in [0.25, 0.3) is 0 Å². The average molecular weight is 256 g/mol. The molecular weight excluding hydrogens is 224 g/mol. The molecule has 3 nitrogen and oxygen atoms in total. The minimum absolute atomic E-state index is 0.110. The summed E-state index contributed by atoms with van der Waals surface area (Å²) in [5.74, 6) is 1.65. The molecule has 2 unspecified atom stereocenters. The van der Waals surface area contributed by atoms with Gasteiger partial charge in [0.2, 0.25) is 5.91 Å². The summed E-state index contributed by atoms with van der Waals surface area (Å²) in [4.78, 5) is 12.2. The van der Waals surface area contributed by atoms with Crippen LogP contribution in [0, 0.1) is 17.8 Å². The lowest BCUT2D eigenvalue weighted by atomic mass is 9.85. The number of rotatable bonds is 8. The summed E-state index contributed by atoms with van der Waals surface area (Å²) in [6.07, 6.45) is 1.15. The van der Waals surface area contributed by atoms with E-state index in [0.717, 1.165) is 13.0 Å². The first kappa shape index (κ1) is 17.4. The van der Waals surface area contributed by atoms with E-state index >= 15 is 0 Å². The Morgan fingerprint density at radius 3 is 2.06 bits per heavy atom. The normalized spacial score (nSPS) is 16.7. The summed E-state index contributed by atoms with van der Waals surface area (Å²) in [6.45, 7) is 16.5. The molecule has 0 aromatic carbocycles. The number of hydrogen-bond acceptors (Lipinski definition) is 2. The lowest BCUT2D eigenvalue weighted by Gasteiger charge is -2.35. The second-order valence-corrected chi connectivity index (χ2v) is 6.01. The van der Waals surface area contributed by atoms with Crippen molar-refractivity contribution >= 4 is 5.91 Å². The van der Waals surface area contributed by atoms with E-state index in [1.54, 1.807) is 0 Å². The van der Waals surface area contributed by atoms with Gasteiger partial charge in [0.15, 0.2) is 0 Å². The fraction of sp³-hybridized carbons (Fsp3) is 0.933. The molecule has 108 valence electrons. The molecule has 0 saturated heterocycles. The van der Waals surface area contributed by atoms with Gasteiger partial charge in [0.1, 0.15) is 0 Å². The van der Waals surface area contributed by atoms with Gasteiger partial charge in [-0.3, -0.25) is 4.79 Å². The Morgan fingerprint density at radius 2 is 1.72 bits per heavy atom. The van der Waals surface area contributed by atoms with E-state index < -0.39 is 5.54 Å². The van der Waals surface area contributed by atoms with Crippen molar-refractivity contribution in [2.75, 3.05) is 13.1 Å². The van der Waals surface area contributed by atoms with Crippen molar-refractivity contribution in [3.8, 4) is 0 Å². The van der Waals surface area contributed by atoms with Crippen LogP contribution < -0.4 is 10.6 Å². The molecule has 0 radical (unpaired) electrons. The Labute approximate surface area is 113 Å². The maximum Gasteiger partial charge on any atom is 0.240 e. The van der Waals surface area contributed by atoms with E-state index in [4.69, 9.17) is 0 Å². The lowest BCUT2D eigenvalue weighted by molar-refractivity contribution is -0.128. The van der Waals surface area contributed by atoms with Crippen molar-refractivity contribution in [3.63, 3.8) is 0 Å². The summed E-state index contributed by atoms with van der Waals surface area (Å²) >= 11 is 0. The third kappa shape index (κ3) is 4.60. The number of likely N-dealkylation sites (N-methyl/N-ethyl adjacent to an activating group) is 1. The van der Waals surface area contributed by atoms with Crippen molar-refractivity contribution in [1.82, 2.24) is 10.6 Å². The quantitative estimate of drug-likeness (QED) is 0.701. The Morgan fingerprint density at radius 1 is 1.17 bits per heavy atom. The van der Waals surface area contributed by atoms with Crippen molar-refractivity contribution in [2.24, 2.45) is 17.8 Å². The number of carbonyl (C=O) groups is 1. The summed E-state index contributed by atoms with van der Waals surface area (Å²) < 4.78 is 0. The van der Waals surface area contributed by atoms with E-state index in [1.807, 2.05) is 13.8 Å². The first-order chi connectivity index (χ1) is 8.29. The molecule has 2 atom stereocenters. The fourth-order valence-corrected chi connectivity index (χ4v) is 2.09. The molecule has 3 heteroatoms. The third-order valence-electron chi connectivity index (χ3n) is 4.16. The van der Waals surface area contributed by atoms with Gasteiger partial charge in [-0.1, -0.05) is 41.0 Å². The molecule has 0 fully saturated rings. The van der Waals surface area contributed by atoms with Crippen LogP contribution in [0.3, 0.4) is 0 Å². The van der Waals surface area contributed by atoms with Crippen molar-refractivity contribution in [1.29, 1.82) is 0 Å². The molecule has 18 heavy (non-hydrogen) atoms. The molecule has 0 aliphatic rings. The van der Waals surface area contributed by atoms with Crippen LogP contribution in [-0.2, 0) is 4.79 Å². The Kier molecular flexibility index (Phi) is 7.53. The molecule has 0 bridgehead atoms. The molecule has 0 aromatic rings. The minimum atomic E-state index is -0.474. The standard InChI is InChI=1S/C15H32N2O/c1-8-13(11(3)4)10-17-15(7,12(5)6)14(18)16-9-2/h11-13,17H,8-10H2,1-7H3,(H,16,18). The first-order valence-corrected chi connectivity index (χ1v) is 7.32. The van der Waals surface area contributed by atoms with Gasteiger partial charge in [0.05, 0.1) is 5.54 Å². The SMILES string of the molecule is CCNC(=O)C(C)(NCC(CC)C(C)C)C(C)C. The van der Waals surface area contributed by atoms with E-state index in [2.05, 4.69) is 45.3 Å². The van der Waals surface area contributed by atoms with Gasteiger partial charge in [-0.15, -0.1) is 0 Å². The van der Waals surface area contributed by atoms with Crippen molar-refractivity contribution in [2.45, 2.75) is 60.4 Å². The largest absolute Gasteiger partial charge is 0.355 e. The number of nitrogens with one attached hydrogen (secondary N) is 2. The van der Waals surface area contributed by atoms with Gasteiger partial charge >= 0.3 is 0 Å². The van der Waals surface area contributed by atoms with Crippen molar-refractivity contribution in [3.05, 3.63) is 0 Å². The minimum Gasteiger partial charge on any atom is -0.355 e. The molecule has 0 heterocycles. The first-order valence-electron chi connectivity index (χ1n) is 7.32. The van der Waals surface area contributed by atoms with Crippen LogP contribution in [0.1, 0.15) is 54.9 Å². The molecule has 0 aromatic heterocycles. The second-order valence-electron chi connectivity index (χ2n) is 6.01. The summed E-state index contributed by atoms with van der Waals surface area (Å²) in [5.41, 5.74) is -0.474. The monoisotopic (exact) mass is 256 g/mol. The van der Waals surface area contributed by atoms with Crippen LogP contribution in [-0.4, -0.2) is 24.5 Å². The summed E-state index contributed by atoms with van der Waals surface area (Å²) in [6, 6.07) is 0. The molecule has 0 rings (SSSR count). The topological polar surface area (TPSA) is 41.1 Å². The second kappa shape index (κ2) is 7.78. The number of carbonyl (C=O) groups excluding carboxylic acids is 1. The zero-order chi connectivity index (χ0) is 14.3. The predicted octanol–water partition coefficient (Wildman–Crippen LogP) is 2.81. The molecular formula is C15H32N2O. The van der Waals surface area contributed by atoms with Crippen LogP contribution in [0.15, 0.2) is 0 Å². The van der Waals surface area contributed by atoms with Gasteiger partial charge in [-0.05, 0) is 38.1 Å². The highest BCUT2D eigenvalue weighted by Crippen LogP contribution is 2.20. The van der Waals surface area contributed by atoms with E-state index in [9.17, 15) is 4.79 Å². The molecule has 0 spiro atoms. The molecule has 0 aliphatic carbocycles. The highest BCUT2D eigenvalue weighted by molar-refractivity contribution is 5.86. The van der Waals surface area contributed by atoms with E-state index in [1.165, 1.54) is 0 Å². The Bertz CT molecular complexity index is 251. The highest BCUT2D eigenvalue weighted by atomic mass is 16.2. The van der Waals surface area contributed by atoms with Gasteiger partial charge in [-0.2, -0.15) is 0 Å². The molecule has 0 saturated carbocycles. The predicted molar refractivity (Wildman–Crippen MR) is 78.5 cm³/mol. The maximum atomic E-state index is 12.2. The van der Waals surface area contributed by atoms with Crippen molar-refractivity contribution < 1.29 is 4.79 Å². The maximum absolute atomic E-state index is 12.2. The highest BCUT2D eigenvalue weighted by Gasteiger charge is 2.36. The molecule has 0 aliphatic heterocycles. The Balaban J connectivity index is 4.67. The smallest absolute Gasteiger partial charge is 0.240 e. The van der Waals surface area contributed by atoms with Crippen LogP contribution >= 0.6 is 0 Å².